The van der Waals surface area contributed by atoms with Gasteiger partial charge in [-0.05, 0) is 48.9 Å². The molecule has 4 heteroatoms. The Labute approximate surface area is 149 Å². The van der Waals surface area contributed by atoms with Crippen LogP contribution < -0.4 is 15.2 Å². The molecule has 2 aromatic carbocycles. The van der Waals surface area contributed by atoms with Crippen molar-refractivity contribution in [3.8, 4) is 11.5 Å². The van der Waals surface area contributed by atoms with E-state index in [0.717, 1.165) is 48.7 Å². The van der Waals surface area contributed by atoms with Gasteiger partial charge in [-0.1, -0.05) is 36.4 Å². The lowest BCUT2D eigenvalue weighted by molar-refractivity contribution is 0.0583. The first-order valence-electron chi connectivity index (χ1n) is 9.04. The second kappa shape index (κ2) is 8.88. The molecule has 2 N–H and O–H groups in total. The molecule has 0 radical (unpaired) electrons. The van der Waals surface area contributed by atoms with Gasteiger partial charge in [-0.25, -0.2) is 0 Å². The van der Waals surface area contributed by atoms with Crippen molar-refractivity contribution < 1.29 is 14.2 Å². The van der Waals surface area contributed by atoms with Crippen LogP contribution in [0.4, 0.5) is 0 Å². The minimum absolute atomic E-state index is 0.00581. The van der Waals surface area contributed by atoms with Crippen LogP contribution in [0.2, 0.25) is 0 Å². The Hall–Kier alpha value is -2.04. The molecule has 0 aromatic heterocycles. The molecule has 134 valence electrons. The van der Waals surface area contributed by atoms with E-state index in [1.54, 1.807) is 0 Å². The molecule has 3 rings (SSSR count). The second-order valence-electron chi connectivity index (χ2n) is 6.39. The van der Waals surface area contributed by atoms with Crippen molar-refractivity contribution in [2.75, 3.05) is 19.8 Å². The van der Waals surface area contributed by atoms with Crippen molar-refractivity contribution in [1.29, 1.82) is 0 Å². The minimum Gasteiger partial charge on any atom is -0.490 e. The van der Waals surface area contributed by atoms with Crippen LogP contribution in [0.5, 0.6) is 11.5 Å². The van der Waals surface area contributed by atoms with Crippen molar-refractivity contribution in [2.24, 2.45) is 11.7 Å². The summed E-state index contributed by atoms with van der Waals surface area (Å²) in [7, 11) is 0. The van der Waals surface area contributed by atoms with Crippen LogP contribution >= 0.6 is 0 Å². The topological polar surface area (TPSA) is 53.7 Å². The van der Waals surface area contributed by atoms with E-state index < -0.39 is 0 Å². The summed E-state index contributed by atoms with van der Waals surface area (Å²) in [6, 6.07) is 16.2. The molecule has 0 aliphatic carbocycles. The lowest BCUT2D eigenvalue weighted by atomic mass is 9.87. The van der Waals surface area contributed by atoms with Crippen LogP contribution in [-0.2, 0) is 11.3 Å². The van der Waals surface area contributed by atoms with Crippen molar-refractivity contribution in [2.45, 2.75) is 32.4 Å². The summed E-state index contributed by atoms with van der Waals surface area (Å²) in [6.45, 7) is 4.69. The van der Waals surface area contributed by atoms with Gasteiger partial charge in [0.15, 0.2) is 11.5 Å². The summed E-state index contributed by atoms with van der Waals surface area (Å²) in [5.74, 6) is 1.98. The second-order valence-corrected chi connectivity index (χ2v) is 6.39. The fourth-order valence-electron chi connectivity index (χ4n) is 3.20. The largest absolute Gasteiger partial charge is 0.490 e. The summed E-state index contributed by atoms with van der Waals surface area (Å²) in [4.78, 5) is 0. The SMILES string of the molecule is CCOc1cc([C@H](N)C2CCOCC2)ccc1OCc1ccccc1. The van der Waals surface area contributed by atoms with Crippen molar-refractivity contribution in [1.82, 2.24) is 0 Å². The molecule has 25 heavy (non-hydrogen) atoms. The Balaban J connectivity index is 1.72. The fourth-order valence-corrected chi connectivity index (χ4v) is 3.20. The van der Waals surface area contributed by atoms with Gasteiger partial charge in [-0.15, -0.1) is 0 Å². The zero-order chi connectivity index (χ0) is 17.5. The van der Waals surface area contributed by atoms with E-state index >= 15 is 0 Å². The summed E-state index contributed by atoms with van der Waals surface area (Å²) in [5, 5.41) is 0. The van der Waals surface area contributed by atoms with E-state index in [1.165, 1.54) is 0 Å². The Morgan fingerprint density at radius 1 is 1.04 bits per heavy atom. The zero-order valence-electron chi connectivity index (χ0n) is 14.8. The van der Waals surface area contributed by atoms with Gasteiger partial charge in [-0.3, -0.25) is 0 Å². The molecule has 0 saturated carbocycles. The van der Waals surface area contributed by atoms with E-state index in [9.17, 15) is 0 Å². The molecule has 1 fully saturated rings. The van der Waals surface area contributed by atoms with E-state index in [2.05, 4.69) is 18.2 Å². The van der Waals surface area contributed by atoms with Crippen LogP contribution in [-0.4, -0.2) is 19.8 Å². The van der Waals surface area contributed by atoms with Crippen molar-refractivity contribution in [3.63, 3.8) is 0 Å². The quantitative estimate of drug-likeness (QED) is 0.824. The molecule has 1 heterocycles. The van der Waals surface area contributed by atoms with E-state index in [1.807, 2.05) is 37.3 Å². The van der Waals surface area contributed by atoms with Gasteiger partial charge in [0.1, 0.15) is 6.61 Å². The third kappa shape index (κ3) is 4.74. The lowest BCUT2D eigenvalue weighted by Gasteiger charge is -2.28. The summed E-state index contributed by atoms with van der Waals surface area (Å²) < 4.78 is 17.2. The number of rotatable bonds is 7. The molecule has 0 spiro atoms. The molecule has 4 nitrogen and oxygen atoms in total. The smallest absolute Gasteiger partial charge is 0.161 e. The van der Waals surface area contributed by atoms with E-state index in [-0.39, 0.29) is 6.04 Å². The van der Waals surface area contributed by atoms with Crippen molar-refractivity contribution >= 4 is 0 Å². The molecule has 1 atom stereocenters. The number of nitrogens with two attached hydrogens (primary N) is 1. The molecule has 0 bridgehead atoms. The van der Waals surface area contributed by atoms with Crippen LogP contribution in [0.15, 0.2) is 48.5 Å². The van der Waals surface area contributed by atoms with Gasteiger partial charge in [-0.2, -0.15) is 0 Å². The molecule has 1 saturated heterocycles. The highest BCUT2D eigenvalue weighted by molar-refractivity contribution is 5.44. The Morgan fingerprint density at radius 3 is 2.52 bits per heavy atom. The zero-order valence-corrected chi connectivity index (χ0v) is 14.8. The Bertz CT molecular complexity index is 653. The van der Waals surface area contributed by atoms with Crippen LogP contribution in [0.25, 0.3) is 0 Å². The highest BCUT2D eigenvalue weighted by Gasteiger charge is 2.23. The molecule has 0 unspecified atom stereocenters. The van der Waals surface area contributed by atoms with E-state index in [0.29, 0.717) is 19.1 Å². The molecular formula is C21H27NO3. The predicted molar refractivity (Wildman–Crippen MR) is 98.9 cm³/mol. The molecule has 0 amide bonds. The first-order chi connectivity index (χ1) is 12.3. The summed E-state index contributed by atoms with van der Waals surface area (Å²) >= 11 is 0. The number of ether oxygens (including phenoxy) is 3. The number of benzene rings is 2. The van der Waals surface area contributed by atoms with Crippen molar-refractivity contribution in [3.05, 3.63) is 59.7 Å². The average molecular weight is 341 g/mol. The van der Waals surface area contributed by atoms with Gasteiger partial charge in [0.05, 0.1) is 6.61 Å². The normalized spacial score (nSPS) is 16.4. The van der Waals surface area contributed by atoms with Gasteiger partial charge < -0.3 is 19.9 Å². The maximum Gasteiger partial charge on any atom is 0.161 e. The summed E-state index contributed by atoms with van der Waals surface area (Å²) in [6.07, 6.45) is 2.02. The Morgan fingerprint density at radius 2 is 1.80 bits per heavy atom. The third-order valence-electron chi connectivity index (χ3n) is 4.66. The number of hydrogen-bond donors (Lipinski definition) is 1. The average Bonchev–Trinajstić information content (AvgIpc) is 2.68. The van der Waals surface area contributed by atoms with Gasteiger partial charge in [0.25, 0.3) is 0 Å². The highest BCUT2D eigenvalue weighted by Crippen LogP contribution is 2.34. The van der Waals surface area contributed by atoms with Gasteiger partial charge in [0, 0.05) is 19.3 Å². The van der Waals surface area contributed by atoms with Crippen LogP contribution in [0.1, 0.15) is 36.9 Å². The first-order valence-corrected chi connectivity index (χ1v) is 9.04. The molecule has 1 aliphatic rings. The maximum atomic E-state index is 6.50. The molecular weight excluding hydrogens is 314 g/mol. The summed E-state index contributed by atoms with van der Waals surface area (Å²) in [5.41, 5.74) is 8.73. The maximum absolute atomic E-state index is 6.50. The predicted octanol–water partition coefficient (Wildman–Crippen LogP) is 4.09. The van der Waals surface area contributed by atoms with Gasteiger partial charge >= 0.3 is 0 Å². The molecule has 2 aromatic rings. The van der Waals surface area contributed by atoms with E-state index in [4.69, 9.17) is 19.9 Å². The third-order valence-corrected chi connectivity index (χ3v) is 4.66. The highest BCUT2D eigenvalue weighted by atomic mass is 16.5. The fraction of sp³-hybridized carbons (Fsp3) is 0.429. The molecule has 1 aliphatic heterocycles. The monoisotopic (exact) mass is 341 g/mol. The van der Waals surface area contributed by atoms with Crippen LogP contribution in [0.3, 0.4) is 0 Å². The standard InChI is InChI=1S/C21H27NO3/c1-2-24-20-14-18(21(22)17-10-12-23-13-11-17)8-9-19(20)25-15-16-6-4-3-5-7-16/h3-9,14,17,21H,2,10-13,15,22H2,1H3/t21-/m1/s1. The number of hydrogen-bond acceptors (Lipinski definition) is 4. The van der Waals surface area contributed by atoms with Gasteiger partial charge in [0.2, 0.25) is 0 Å². The Kier molecular flexibility index (Phi) is 6.31. The minimum atomic E-state index is 0.00581. The van der Waals surface area contributed by atoms with Crippen LogP contribution in [0, 0.1) is 5.92 Å². The first kappa shape index (κ1) is 17.8. The lowest BCUT2D eigenvalue weighted by Crippen LogP contribution is -2.27.